The highest BCUT2D eigenvalue weighted by Crippen LogP contribution is 2.28. The maximum absolute atomic E-state index is 12.4. The van der Waals surface area contributed by atoms with Gasteiger partial charge in [0.15, 0.2) is 0 Å². The van der Waals surface area contributed by atoms with E-state index in [9.17, 15) is 9.59 Å². The molecule has 2 amide bonds. The van der Waals surface area contributed by atoms with Crippen molar-refractivity contribution >= 4 is 11.8 Å². The van der Waals surface area contributed by atoms with Crippen molar-refractivity contribution in [3.8, 4) is 5.75 Å². The molecule has 1 aromatic carbocycles. The molecular weight excluding hydrogens is 356 g/mol. The molecule has 3 rings (SSSR count). The number of carbonyl (C=O) groups excluding carboxylic acids is 2. The first kappa shape index (κ1) is 20.6. The first-order valence-corrected chi connectivity index (χ1v) is 10.3. The van der Waals surface area contributed by atoms with Crippen molar-refractivity contribution in [2.75, 3.05) is 14.2 Å². The Balaban J connectivity index is 1.39. The summed E-state index contributed by atoms with van der Waals surface area (Å²) in [7, 11) is 3.31. The van der Waals surface area contributed by atoms with Crippen molar-refractivity contribution < 1.29 is 19.1 Å². The van der Waals surface area contributed by atoms with Crippen LogP contribution in [0, 0.1) is 5.92 Å². The minimum atomic E-state index is -0.103. The summed E-state index contributed by atoms with van der Waals surface area (Å²) in [6.45, 7) is 0. The third-order valence-corrected chi connectivity index (χ3v) is 5.76. The van der Waals surface area contributed by atoms with Crippen LogP contribution in [-0.4, -0.2) is 44.2 Å². The molecule has 6 heteroatoms. The molecule has 2 N–H and O–H groups in total. The Morgan fingerprint density at radius 1 is 1.04 bits per heavy atom. The summed E-state index contributed by atoms with van der Waals surface area (Å²) in [5.41, 5.74) is 1.20. The van der Waals surface area contributed by atoms with Gasteiger partial charge in [0.1, 0.15) is 5.75 Å². The zero-order valence-corrected chi connectivity index (χ0v) is 16.9. The predicted molar refractivity (Wildman–Crippen MR) is 107 cm³/mol. The molecule has 0 aromatic heterocycles. The number of benzene rings is 1. The Kier molecular flexibility index (Phi) is 7.31. The van der Waals surface area contributed by atoms with E-state index in [1.807, 2.05) is 24.3 Å². The van der Waals surface area contributed by atoms with Crippen LogP contribution in [-0.2, 0) is 20.7 Å². The van der Waals surface area contributed by atoms with Gasteiger partial charge < -0.3 is 20.1 Å². The van der Waals surface area contributed by atoms with E-state index in [4.69, 9.17) is 9.47 Å². The Morgan fingerprint density at radius 3 is 2.43 bits per heavy atom. The first-order valence-electron chi connectivity index (χ1n) is 10.3. The van der Waals surface area contributed by atoms with Crippen LogP contribution in [0.25, 0.3) is 0 Å². The standard InChI is InChI=1S/C22H32N2O4/c1-27-18-11-6-15(7-12-18)4-3-5-21(25)24-19-13-8-16(14-20(19)28-2)22(26)23-17-9-10-17/h6-7,11-12,16-17,19-20H,3-5,8-10,13-14H2,1-2H3,(H,23,26)(H,24,25)/t16-,19-,20-/m0/s1. The summed E-state index contributed by atoms with van der Waals surface area (Å²) in [6, 6.07) is 8.32. The van der Waals surface area contributed by atoms with E-state index in [1.165, 1.54) is 5.56 Å². The molecule has 0 saturated heterocycles. The second-order valence-electron chi connectivity index (χ2n) is 7.94. The number of rotatable bonds is 9. The number of aryl methyl sites for hydroxylation is 1. The molecule has 0 unspecified atom stereocenters. The Morgan fingerprint density at radius 2 is 1.79 bits per heavy atom. The normalized spacial score (nSPS) is 24.4. The Bertz CT molecular complexity index is 657. The Labute approximate surface area is 167 Å². The van der Waals surface area contributed by atoms with Crippen molar-refractivity contribution in [1.82, 2.24) is 10.6 Å². The largest absolute Gasteiger partial charge is 0.497 e. The molecular formula is C22H32N2O4. The summed E-state index contributed by atoms with van der Waals surface area (Å²) in [5, 5.41) is 6.21. The fourth-order valence-corrected chi connectivity index (χ4v) is 3.86. The van der Waals surface area contributed by atoms with E-state index in [2.05, 4.69) is 10.6 Å². The maximum atomic E-state index is 12.4. The van der Waals surface area contributed by atoms with Crippen LogP contribution in [0.1, 0.15) is 50.5 Å². The second-order valence-corrected chi connectivity index (χ2v) is 7.94. The molecule has 1 aromatic rings. The summed E-state index contributed by atoms with van der Waals surface area (Å²) in [6.07, 6.45) is 6.50. The molecule has 2 fully saturated rings. The molecule has 28 heavy (non-hydrogen) atoms. The number of methoxy groups -OCH3 is 2. The summed E-state index contributed by atoms with van der Waals surface area (Å²) >= 11 is 0. The summed E-state index contributed by atoms with van der Waals surface area (Å²) < 4.78 is 10.8. The molecule has 2 aliphatic carbocycles. The van der Waals surface area contributed by atoms with Crippen molar-refractivity contribution in [3.63, 3.8) is 0 Å². The van der Waals surface area contributed by atoms with E-state index in [0.717, 1.165) is 44.3 Å². The van der Waals surface area contributed by atoms with E-state index in [1.54, 1.807) is 14.2 Å². The molecule has 3 atom stereocenters. The SMILES string of the molecule is COc1ccc(CCCC(=O)N[C@H]2CC[C@H](C(=O)NC3CC3)C[C@@H]2OC)cc1. The number of carbonyl (C=O) groups is 2. The van der Waals surface area contributed by atoms with Gasteiger partial charge in [-0.1, -0.05) is 12.1 Å². The van der Waals surface area contributed by atoms with Crippen molar-refractivity contribution in [3.05, 3.63) is 29.8 Å². The van der Waals surface area contributed by atoms with Gasteiger partial charge in [0.05, 0.1) is 19.3 Å². The number of ether oxygens (including phenoxy) is 2. The van der Waals surface area contributed by atoms with Gasteiger partial charge in [0, 0.05) is 25.5 Å². The van der Waals surface area contributed by atoms with Crippen LogP contribution >= 0.6 is 0 Å². The third kappa shape index (κ3) is 5.96. The van der Waals surface area contributed by atoms with Crippen molar-refractivity contribution in [1.29, 1.82) is 0 Å². The van der Waals surface area contributed by atoms with Gasteiger partial charge in [0.25, 0.3) is 0 Å². The molecule has 2 saturated carbocycles. The van der Waals surface area contributed by atoms with Gasteiger partial charge in [-0.25, -0.2) is 0 Å². The molecule has 0 bridgehead atoms. The average molecular weight is 389 g/mol. The zero-order chi connectivity index (χ0) is 19.9. The number of hydrogen-bond acceptors (Lipinski definition) is 4. The molecule has 154 valence electrons. The highest BCUT2D eigenvalue weighted by atomic mass is 16.5. The minimum absolute atomic E-state index is 0.00576. The molecule has 0 heterocycles. The van der Waals surface area contributed by atoms with Gasteiger partial charge >= 0.3 is 0 Å². The highest BCUT2D eigenvalue weighted by Gasteiger charge is 2.36. The fraction of sp³-hybridized carbons (Fsp3) is 0.636. The van der Waals surface area contributed by atoms with Gasteiger partial charge in [-0.2, -0.15) is 0 Å². The monoisotopic (exact) mass is 388 g/mol. The lowest BCUT2D eigenvalue weighted by molar-refractivity contribution is -0.129. The predicted octanol–water partition coefficient (Wildman–Crippen LogP) is 2.60. The van der Waals surface area contributed by atoms with Gasteiger partial charge in [-0.3, -0.25) is 9.59 Å². The lowest BCUT2D eigenvalue weighted by Gasteiger charge is -2.35. The number of nitrogens with one attached hydrogen (secondary N) is 2. The van der Waals surface area contributed by atoms with Crippen molar-refractivity contribution in [2.45, 2.75) is 69.6 Å². The number of amides is 2. The van der Waals surface area contributed by atoms with E-state index >= 15 is 0 Å². The van der Waals surface area contributed by atoms with Crippen LogP contribution in [0.15, 0.2) is 24.3 Å². The van der Waals surface area contributed by atoms with Crippen LogP contribution in [0.2, 0.25) is 0 Å². The lowest BCUT2D eigenvalue weighted by atomic mass is 9.83. The highest BCUT2D eigenvalue weighted by molar-refractivity contribution is 5.79. The van der Waals surface area contributed by atoms with Gasteiger partial charge in [0.2, 0.25) is 11.8 Å². The van der Waals surface area contributed by atoms with Crippen LogP contribution in [0.3, 0.4) is 0 Å². The lowest BCUT2D eigenvalue weighted by Crippen LogP contribution is -2.49. The zero-order valence-electron chi connectivity index (χ0n) is 16.9. The molecule has 6 nitrogen and oxygen atoms in total. The molecule has 2 aliphatic rings. The van der Waals surface area contributed by atoms with E-state index < -0.39 is 0 Å². The quantitative estimate of drug-likeness (QED) is 0.682. The van der Waals surface area contributed by atoms with E-state index in [-0.39, 0.29) is 29.9 Å². The van der Waals surface area contributed by atoms with Gasteiger partial charge in [-0.15, -0.1) is 0 Å². The Hall–Kier alpha value is -2.08. The van der Waals surface area contributed by atoms with Crippen LogP contribution in [0.4, 0.5) is 0 Å². The molecule has 0 aliphatic heterocycles. The van der Waals surface area contributed by atoms with E-state index in [0.29, 0.717) is 18.9 Å². The average Bonchev–Trinajstić information content (AvgIpc) is 3.52. The number of hydrogen-bond donors (Lipinski definition) is 2. The molecule has 0 spiro atoms. The van der Waals surface area contributed by atoms with Crippen LogP contribution < -0.4 is 15.4 Å². The fourth-order valence-electron chi connectivity index (χ4n) is 3.86. The third-order valence-electron chi connectivity index (χ3n) is 5.76. The first-order chi connectivity index (χ1) is 13.6. The van der Waals surface area contributed by atoms with Crippen LogP contribution in [0.5, 0.6) is 5.75 Å². The van der Waals surface area contributed by atoms with Gasteiger partial charge in [-0.05, 0) is 62.6 Å². The smallest absolute Gasteiger partial charge is 0.223 e. The van der Waals surface area contributed by atoms with Crippen molar-refractivity contribution in [2.24, 2.45) is 5.92 Å². The topological polar surface area (TPSA) is 76.7 Å². The minimum Gasteiger partial charge on any atom is -0.497 e. The maximum Gasteiger partial charge on any atom is 0.223 e. The second kappa shape index (κ2) is 9.92. The summed E-state index contributed by atoms with van der Waals surface area (Å²) in [5.74, 6) is 1.04. The summed E-state index contributed by atoms with van der Waals surface area (Å²) in [4.78, 5) is 24.7. The molecule has 0 radical (unpaired) electrons.